The van der Waals surface area contributed by atoms with E-state index in [0.717, 1.165) is 43.1 Å². The van der Waals surface area contributed by atoms with Crippen LogP contribution in [0.3, 0.4) is 0 Å². The van der Waals surface area contributed by atoms with Crippen LogP contribution in [0.15, 0.2) is 48.5 Å². The highest BCUT2D eigenvalue weighted by Gasteiger charge is 2.23. The number of nitrogens with one attached hydrogen (secondary N) is 2. The van der Waals surface area contributed by atoms with E-state index in [9.17, 15) is 9.18 Å². The molecule has 0 aromatic heterocycles. The Morgan fingerprint density at radius 1 is 1.04 bits per heavy atom. The maximum absolute atomic E-state index is 12.9. The Kier molecular flexibility index (Phi) is 6.64. The number of carbonyl (C=O) groups excluding carboxylic acids is 1. The average Bonchev–Trinajstić information content (AvgIpc) is 2.65. The van der Waals surface area contributed by atoms with Crippen LogP contribution in [0.5, 0.6) is 0 Å². The number of benzene rings is 2. The predicted octanol–water partition coefficient (Wildman–Crippen LogP) is 2.78. The number of rotatable bonds is 6. The van der Waals surface area contributed by atoms with Crippen molar-refractivity contribution in [2.45, 2.75) is 38.3 Å². The van der Waals surface area contributed by atoms with Crippen molar-refractivity contribution in [3.05, 3.63) is 70.5 Å². The second-order valence-corrected chi connectivity index (χ2v) is 7.46. The molecule has 0 spiro atoms. The van der Waals surface area contributed by atoms with Crippen LogP contribution in [0.1, 0.15) is 30.4 Å². The molecule has 0 aliphatic carbocycles. The van der Waals surface area contributed by atoms with Gasteiger partial charge in [0.15, 0.2) is 0 Å². The van der Waals surface area contributed by atoms with E-state index in [4.69, 9.17) is 11.6 Å². The van der Waals surface area contributed by atoms with E-state index in [-0.39, 0.29) is 17.8 Å². The first-order valence-corrected chi connectivity index (χ1v) is 9.58. The number of likely N-dealkylation sites (tertiary alicyclic amines) is 1. The van der Waals surface area contributed by atoms with Gasteiger partial charge in [-0.3, -0.25) is 4.79 Å². The summed E-state index contributed by atoms with van der Waals surface area (Å²) in [6.45, 7) is 3.12. The lowest BCUT2D eigenvalue weighted by Gasteiger charge is -2.29. The summed E-state index contributed by atoms with van der Waals surface area (Å²) in [5.74, 6) is -0.161. The van der Waals surface area contributed by atoms with Gasteiger partial charge in [0, 0.05) is 35.9 Å². The van der Waals surface area contributed by atoms with Gasteiger partial charge in [0.25, 0.3) is 0 Å². The minimum absolute atomic E-state index is 0.0838. The lowest BCUT2D eigenvalue weighted by molar-refractivity contribution is -0.918. The number of aryl methyl sites for hydroxylation is 1. The van der Waals surface area contributed by atoms with Crippen LogP contribution in [0.4, 0.5) is 4.39 Å². The van der Waals surface area contributed by atoms with Crippen LogP contribution in [0.25, 0.3) is 0 Å². The van der Waals surface area contributed by atoms with E-state index >= 15 is 0 Å². The standard InChI is InChI=1S/C21H24ClFN2O/c22-18-6-1-17(2-7-18)15-25-13-11-20(12-14-25)24-21(26)10-5-16-3-8-19(23)9-4-16/h1-4,6-9,20H,5,10-15H2,(H,24,26)/p+1. The third-order valence-corrected chi connectivity index (χ3v) is 5.23. The van der Waals surface area contributed by atoms with Crippen molar-refractivity contribution in [2.24, 2.45) is 0 Å². The first-order valence-electron chi connectivity index (χ1n) is 9.20. The summed E-state index contributed by atoms with van der Waals surface area (Å²) in [5.41, 5.74) is 2.29. The predicted molar refractivity (Wildman–Crippen MR) is 102 cm³/mol. The summed E-state index contributed by atoms with van der Waals surface area (Å²) in [5, 5.41) is 3.92. The Balaban J connectivity index is 1.37. The number of amides is 1. The maximum Gasteiger partial charge on any atom is 0.220 e. The fourth-order valence-electron chi connectivity index (χ4n) is 3.45. The van der Waals surface area contributed by atoms with E-state index in [2.05, 4.69) is 17.4 Å². The largest absolute Gasteiger partial charge is 0.353 e. The lowest BCUT2D eigenvalue weighted by Crippen LogP contribution is -3.12. The van der Waals surface area contributed by atoms with Crippen molar-refractivity contribution in [2.75, 3.05) is 13.1 Å². The molecule has 138 valence electrons. The van der Waals surface area contributed by atoms with Gasteiger partial charge < -0.3 is 10.2 Å². The monoisotopic (exact) mass is 375 g/mol. The number of hydrogen-bond acceptors (Lipinski definition) is 1. The number of carbonyl (C=O) groups is 1. The summed E-state index contributed by atoms with van der Waals surface area (Å²) in [6, 6.07) is 14.7. The molecule has 3 rings (SSSR count). The van der Waals surface area contributed by atoms with Crippen LogP contribution >= 0.6 is 11.6 Å². The van der Waals surface area contributed by atoms with Gasteiger partial charge in [-0.15, -0.1) is 0 Å². The maximum atomic E-state index is 12.9. The molecule has 0 unspecified atom stereocenters. The Labute approximate surface area is 159 Å². The van der Waals surface area contributed by atoms with E-state index in [1.54, 1.807) is 17.0 Å². The minimum Gasteiger partial charge on any atom is -0.353 e. The van der Waals surface area contributed by atoms with Crippen molar-refractivity contribution in [3.8, 4) is 0 Å². The van der Waals surface area contributed by atoms with E-state index < -0.39 is 0 Å². The molecule has 0 bridgehead atoms. The molecule has 1 saturated heterocycles. The molecule has 5 heteroatoms. The van der Waals surface area contributed by atoms with Crippen LogP contribution < -0.4 is 10.2 Å². The fraction of sp³-hybridized carbons (Fsp3) is 0.381. The van der Waals surface area contributed by atoms with Crippen molar-refractivity contribution in [1.29, 1.82) is 0 Å². The van der Waals surface area contributed by atoms with Crippen LogP contribution in [-0.4, -0.2) is 25.0 Å². The molecule has 2 N–H and O–H groups in total. The van der Waals surface area contributed by atoms with Crippen LogP contribution in [0, 0.1) is 5.82 Å². The van der Waals surface area contributed by atoms with Gasteiger partial charge >= 0.3 is 0 Å². The number of hydrogen-bond donors (Lipinski definition) is 2. The molecular formula is C21H25ClFN2O+. The first kappa shape index (κ1) is 18.9. The van der Waals surface area contributed by atoms with Crippen molar-refractivity contribution >= 4 is 17.5 Å². The van der Waals surface area contributed by atoms with Crippen molar-refractivity contribution in [3.63, 3.8) is 0 Å². The Hall–Kier alpha value is -1.91. The molecule has 0 radical (unpaired) electrons. The van der Waals surface area contributed by atoms with Gasteiger partial charge in [-0.1, -0.05) is 35.9 Å². The SMILES string of the molecule is O=C(CCc1ccc(F)cc1)NC1CC[NH+](Cc2ccc(Cl)cc2)CC1. The number of piperidine rings is 1. The van der Waals surface area contributed by atoms with E-state index in [0.29, 0.717) is 12.8 Å². The van der Waals surface area contributed by atoms with Gasteiger partial charge in [0.2, 0.25) is 5.91 Å². The summed E-state index contributed by atoms with van der Waals surface area (Å²) in [6.07, 6.45) is 3.10. The lowest BCUT2D eigenvalue weighted by atomic mass is 10.0. The topological polar surface area (TPSA) is 33.5 Å². The summed E-state index contributed by atoms with van der Waals surface area (Å²) >= 11 is 5.93. The van der Waals surface area contributed by atoms with Crippen molar-refractivity contribution in [1.82, 2.24) is 5.32 Å². The zero-order chi connectivity index (χ0) is 18.4. The highest BCUT2D eigenvalue weighted by Crippen LogP contribution is 2.09. The number of halogens is 2. The molecule has 1 fully saturated rings. The van der Waals surface area contributed by atoms with Gasteiger partial charge in [0.05, 0.1) is 13.1 Å². The molecule has 2 aromatic rings. The molecule has 1 aliphatic heterocycles. The van der Waals surface area contributed by atoms with E-state index in [1.165, 1.54) is 17.7 Å². The molecule has 3 nitrogen and oxygen atoms in total. The Morgan fingerprint density at radius 2 is 1.65 bits per heavy atom. The molecule has 1 aliphatic rings. The molecule has 2 aromatic carbocycles. The van der Waals surface area contributed by atoms with Gasteiger partial charge in [-0.2, -0.15) is 0 Å². The molecule has 1 amide bonds. The third kappa shape index (κ3) is 5.82. The van der Waals surface area contributed by atoms with Crippen molar-refractivity contribution < 1.29 is 14.1 Å². The summed E-state index contributed by atoms with van der Waals surface area (Å²) in [4.78, 5) is 13.7. The molecule has 0 saturated carbocycles. The first-order chi connectivity index (χ1) is 12.6. The molecule has 0 atom stereocenters. The Bertz CT molecular complexity index is 710. The number of quaternary nitrogens is 1. The normalized spacial score (nSPS) is 19.9. The quantitative estimate of drug-likeness (QED) is 0.799. The Morgan fingerprint density at radius 3 is 2.31 bits per heavy atom. The summed E-state index contributed by atoms with van der Waals surface area (Å²) < 4.78 is 12.9. The average molecular weight is 376 g/mol. The second kappa shape index (κ2) is 9.15. The van der Waals surface area contributed by atoms with Crippen LogP contribution in [-0.2, 0) is 17.8 Å². The zero-order valence-electron chi connectivity index (χ0n) is 14.8. The van der Waals surface area contributed by atoms with Gasteiger partial charge in [-0.05, 0) is 36.2 Å². The molecule has 26 heavy (non-hydrogen) atoms. The van der Waals surface area contributed by atoms with Gasteiger partial charge in [-0.25, -0.2) is 4.39 Å². The smallest absolute Gasteiger partial charge is 0.220 e. The fourth-order valence-corrected chi connectivity index (χ4v) is 3.57. The van der Waals surface area contributed by atoms with E-state index in [1.807, 2.05) is 12.1 Å². The minimum atomic E-state index is -0.244. The van der Waals surface area contributed by atoms with Gasteiger partial charge in [0.1, 0.15) is 12.4 Å². The third-order valence-electron chi connectivity index (χ3n) is 4.98. The second-order valence-electron chi connectivity index (χ2n) is 7.02. The highest BCUT2D eigenvalue weighted by atomic mass is 35.5. The summed E-state index contributed by atoms with van der Waals surface area (Å²) in [7, 11) is 0. The zero-order valence-corrected chi connectivity index (χ0v) is 15.6. The van der Waals surface area contributed by atoms with Crippen LogP contribution in [0.2, 0.25) is 5.02 Å². The molecular weight excluding hydrogens is 351 g/mol. The molecule has 1 heterocycles. The highest BCUT2D eigenvalue weighted by molar-refractivity contribution is 6.30.